The zero-order valence-corrected chi connectivity index (χ0v) is 13.8. The third-order valence-corrected chi connectivity index (χ3v) is 4.87. The van der Waals surface area contributed by atoms with E-state index in [1.165, 1.54) is 11.6 Å². The summed E-state index contributed by atoms with van der Waals surface area (Å²) in [6.07, 6.45) is 7.45. The highest BCUT2D eigenvalue weighted by Crippen LogP contribution is 2.36. The highest BCUT2D eigenvalue weighted by molar-refractivity contribution is 5.37. The van der Waals surface area contributed by atoms with Crippen LogP contribution in [0.25, 0.3) is 0 Å². The van der Waals surface area contributed by atoms with Crippen molar-refractivity contribution < 1.29 is 9.13 Å². The van der Waals surface area contributed by atoms with Gasteiger partial charge in [0.1, 0.15) is 0 Å². The zero-order chi connectivity index (χ0) is 16.6. The van der Waals surface area contributed by atoms with Crippen LogP contribution in [0.1, 0.15) is 18.4 Å². The quantitative estimate of drug-likeness (QED) is 0.926. The molecule has 0 bridgehead atoms. The number of aromatic nitrogens is 3. The van der Waals surface area contributed by atoms with Gasteiger partial charge in [-0.3, -0.25) is 9.58 Å². The summed E-state index contributed by atoms with van der Waals surface area (Å²) in [6.45, 7) is 3.41. The monoisotopic (exact) mass is 331 g/mol. The maximum atomic E-state index is 13.7. The summed E-state index contributed by atoms with van der Waals surface area (Å²) in [7, 11) is 1.93. The van der Waals surface area contributed by atoms with Gasteiger partial charge in [0.05, 0.1) is 24.4 Å². The van der Waals surface area contributed by atoms with Crippen molar-refractivity contribution in [3.8, 4) is 0 Å². The molecule has 0 aromatic carbocycles. The van der Waals surface area contributed by atoms with Crippen molar-refractivity contribution in [3.05, 3.63) is 42.1 Å². The van der Waals surface area contributed by atoms with Crippen LogP contribution in [0.3, 0.4) is 0 Å². The summed E-state index contributed by atoms with van der Waals surface area (Å²) in [4.78, 5) is 6.47. The predicted molar refractivity (Wildman–Crippen MR) is 88.0 cm³/mol. The number of anilines is 1. The fourth-order valence-electron chi connectivity index (χ4n) is 3.78. The van der Waals surface area contributed by atoms with Crippen LogP contribution in [0.15, 0.2) is 30.7 Å². The number of hydrogen-bond donors (Lipinski definition) is 1. The zero-order valence-electron chi connectivity index (χ0n) is 13.8. The van der Waals surface area contributed by atoms with Gasteiger partial charge in [-0.05, 0) is 18.6 Å². The van der Waals surface area contributed by atoms with E-state index in [2.05, 4.69) is 26.5 Å². The molecule has 2 atom stereocenters. The number of likely N-dealkylation sites (tertiary alicyclic amines) is 1. The topological polar surface area (TPSA) is 55.2 Å². The second-order valence-electron chi connectivity index (χ2n) is 6.86. The summed E-state index contributed by atoms with van der Waals surface area (Å²) >= 11 is 0. The van der Waals surface area contributed by atoms with Crippen LogP contribution in [-0.2, 0) is 18.3 Å². The van der Waals surface area contributed by atoms with E-state index in [-0.39, 0.29) is 17.5 Å². The van der Waals surface area contributed by atoms with Gasteiger partial charge in [0.2, 0.25) is 0 Å². The van der Waals surface area contributed by atoms with Crippen LogP contribution in [-0.4, -0.2) is 51.0 Å². The molecule has 1 spiro atoms. The molecule has 2 aliphatic heterocycles. The fraction of sp³-hybridized carbons (Fsp3) is 0.529. The minimum atomic E-state index is -0.317. The van der Waals surface area contributed by atoms with Crippen molar-refractivity contribution in [2.24, 2.45) is 7.05 Å². The molecule has 7 heteroatoms. The van der Waals surface area contributed by atoms with Crippen molar-refractivity contribution in [2.75, 3.05) is 25.0 Å². The Morgan fingerprint density at radius 3 is 3.21 bits per heavy atom. The average Bonchev–Trinajstić information content (AvgIpc) is 3.25. The number of rotatable bonds is 4. The lowest BCUT2D eigenvalue weighted by Crippen LogP contribution is -2.33. The van der Waals surface area contributed by atoms with Crippen molar-refractivity contribution in [2.45, 2.75) is 31.0 Å². The van der Waals surface area contributed by atoms with Crippen LogP contribution in [0.4, 0.5) is 10.2 Å². The Bertz CT molecular complexity index is 721. The standard InChI is InChI=1S/C17H22FN5O/c1-22-9-13(8-20-22)10-23-6-4-17(12-23)7-14(11-24-17)21-16-15(18)3-2-5-19-16/h2-3,5,8-9,14H,4,6-7,10-12H2,1H3,(H,19,21). The van der Waals surface area contributed by atoms with Crippen molar-refractivity contribution in [3.63, 3.8) is 0 Å². The first-order valence-electron chi connectivity index (χ1n) is 8.33. The van der Waals surface area contributed by atoms with Crippen LogP contribution < -0.4 is 5.32 Å². The highest BCUT2D eigenvalue weighted by Gasteiger charge is 2.45. The molecule has 2 saturated heterocycles. The molecule has 24 heavy (non-hydrogen) atoms. The molecule has 128 valence electrons. The number of ether oxygens (including phenoxy) is 1. The van der Waals surface area contributed by atoms with Gasteiger partial charge in [0.25, 0.3) is 0 Å². The molecule has 2 aromatic heterocycles. The second kappa shape index (κ2) is 6.14. The van der Waals surface area contributed by atoms with Crippen LogP contribution >= 0.6 is 0 Å². The molecule has 2 fully saturated rings. The Kier molecular flexibility index (Phi) is 3.97. The SMILES string of the molecule is Cn1cc(CN2CCC3(CC(Nc4ncccc4F)CO3)C2)cn1. The molecule has 1 N–H and O–H groups in total. The van der Waals surface area contributed by atoms with E-state index < -0.39 is 0 Å². The van der Waals surface area contributed by atoms with E-state index in [1.807, 2.05) is 17.9 Å². The van der Waals surface area contributed by atoms with Gasteiger partial charge in [0, 0.05) is 51.1 Å². The van der Waals surface area contributed by atoms with Crippen molar-refractivity contribution in [1.82, 2.24) is 19.7 Å². The number of hydrogen-bond acceptors (Lipinski definition) is 5. The smallest absolute Gasteiger partial charge is 0.165 e. The maximum Gasteiger partial charge on any atom is 0.165 e. The van der Waals surface area contributed by atoms with Gasteiger partial charge >= 0.3 is 0 Å². The molecule has 6 nitrogen and oxygen atoms in total. The molecule has 0 saturated carbocycles. The summed E-state index contributed by atoms with van der Waals surface area (Å²) in [5.74, 6) is -0.00330. The number of halogens is 1. The molecule has 0 aliphatic carbocycles. The molecule has 2 unspecified atom stereocenters. The first kappa shape index (κ1) is 15.5. The van der Waals surface area contributed by atoms with Crippen LogP contribution in [0.2, 0.25) is 0 Å². The second-order valence-corrected chi connectivity index (χ2v) is 6.86. The van der Waals surface area contributed by atoms with E-state index in [9.17, 15) is 4.39 Å². The van der Waals surface area contributed by atoms with Crippen LogP contribution in [0.5, 0.6) is 0 Å². The lowest BCUT2D eigenvalue weighted by Gasteiger charge is -2.23. The molecule has 4 rings (SSSR count). The fourth-order valence-corrected chi connectivity index (χ4v) is 3.78. The van der Waals surface area contributed by atoms with Crippen molar-refractivity contribution in [1.29, 1.82) is 0 Å². The first-order valence-corrected chi connectivity index (χ1v) is 8.33. The third kappa shape index (κ3) is 3.14. The van der Waals surface area contributed by atoms with Crippen molar-refractivity contribution >= 4 is 5.82 Å². The molecule has 0 radical (unpaired) electrons. The van der Waals surface area contributed by atoms with E-state index in [4.69, 9.17) is 4.74 Å². The lowest BCUT2D eigenvalue weighted by molar-refractivity contribution is 0.0120. The van der Waals surface area contributed by atoms with E-state index in [1.54, 1.807) is 12.3 Å². The normalized spacial score (nSPS) is 27.2. The van der Waals surface area contributed by atoms with Gasteiger partial charge in [-0.25, -0.2) is 9.37 Å². The van der Waals surface area contributed by atoms with Gasteiger partial charge in [-0.2, -0.15) is 5.10 Å². The summed E-state index contributed by atoms with van der Waals surface area (Å²) in [5, 5.41) is 7.41. The highest BCUT2D eigenvalue weighted by atomic mass is 19.1. The Balaban J connectivity index is 1.35. The van der Waals surface area contributed by atoms with Gasteiger partial charge in [0.15, 0.2) is 11.6 Å². The Morgan fingerprint density at radius 2 is 2.42 bits per heavy atom. The summed E-state index contributed by atoms with van der Waals surface area (Å²) in [5.41, 5.74) is 1.10. The lowest BCUT2D eigenvalue weighted by atomic mass is 9.97. The maximum absolute atomic E-state index is 13.7. The van der Waals surface area contributed by atoms with E-state index >= 15 is 0 Å². The van der Waals surface area contributed by atoms with Gasteiger partial charge in [-0.1, -0.05) is 0 Å². The average molecular weight is 331 g/mol. The molecular weight excluding hydrogens is 309 g/mol. The Morgan fingerprint density at radius 1 is 1.50 bits per heavy atom. The Hall–Kier alpha value is -1.99. The van der Waals surface area contributed by atoms with Crippen LogP contribution in [0, 0.1) is 5.82 Å². The molecule has 2 aromatic rings. The number of aryl methyl sites for hydroxylation is 1. The minimum Gasteiger partial charge on any atom is -0.371 e. The molecular formula is C17H22FN5O. The number of nitrogens with zero attached hydrogens (tertiary/aromatic N) is 4. The Labute approximate surface area is 140 Å². The number of pyridine rings is 1. The molecule has 0 amide bonds. The van der Waals surface area contributed by atoms with Gasteiger partial charge < -0.3 is 10.1 Å². The van der Waals surface area contributed by atoms with E-state index in [0.29, 0.717) is 12.4 Å². The molecule has 2 aliphatic rings. The summed E-state index contributed by atoms with van der Waals surface area (Å²) < 4.78 is 21.7. The largest absolute Gasteiger partial charge is 0.371 e. The minimum absolute atomic E-state index is 0.104. The van der Waals surface area contributed by atoms with E-state index in [0.717, 1.165) is 32.5 Å². The predicted octanol–water partition coefficient (Wildman–Crippen LogP) is 1.80. The third-order valence-electron chi connectivity index (χ3n) is 4.87. The number of nitrogens with one attached hydrogen (secondary N) is 1. The summed E-state index contributed by atoms with van der Waals surface area (Å²) in [6, 6.07) is 3.12. The first-order chi connectivity index (χ1) is 11.6. The van der Waals surface area contributed by atoms with Gasteiger partial charge in [-0.15, -0.1) is 0 Å². The molecule has 4 heterocycles.